The molecule has 0 atom stereocenters. The summed E-state index contributed by atoms with van der Waals surface area (Å²) in [5, 5.41) is 0. The number of hydrogen-bond acceptors (Lipinski definition) is 3. The summed E-state index contributed by atoms with van der Waals surface area (Å²) < 4.78 is 29.1. The molecule has 1 aromatic heterocycles. The molecule has 1 heterocycles. The number of pyridine rings is 1. The van der Waals surface area contributed by atoms with Crippen LogP contribution in [0, 0.1) is 0 Å². The van der Waals surface area contributed by atoms with Crippen molar-refractivity contribution in [3.05, 3.63) is 24.5 Å². The summed E-state index contributed by atoms with van der Waals surface area (Å²) in [4.78, 5) is 3.33. The van der Waals surface area contributed by atoms with Crippen LogP contribution < -0.4 is 0 Å². The van der Waals surface area contributed by atoms with Crippen molar-refractivity contribution in [2.24, 2.45) is 0 Å². The first kappa shape index (κ1) is 11.3. The van der Waals surface area contributed by atoms with Gasteiger partial charge in [0.1, 0.15) is 4.90 Å². The second-order valence-corrected chi connectivity index (χ2v) is 3.09. The van der Waals surface area contributed by atoms with Crippen molar-refractivity contribution in [2.45, 2.75) is 4.90 Å². The molecule has 0 saturated heterocycles. The fourth-order valence-corrected chi connectivity index (χ4v) is 0.944. The van der Waals surface area contributed by atoms with Gasteiger partial charge in [0.15, 0.2) is 0 Å². The molecule has 11 heavy (non-hydrogen) atoms. The van der Waals surface area contributed by atoms with Crippen LogP contribution in [-0.4, -0.2) is 55.7 Å². The monoisotopic (exact) mass is 201 g/mol. The van der Waals surface area contributed by atoms with Crippen molar-refractivity contribution < 1.29 is 13.0 Å². The van der Waals surface area contributed by atoms with Crippen molar-refractivity contribution in [1.82, 2.24) is 4.98 Å². The molecule has 0 aliphatic rings. The van der Waals surface area contributed by atoms with Crippen LogP contribution in [0.3, 0.4) is 0 Å². The molecule has 6 heteroatoms. The van der Waals surface area contributed by atoms with Gasteiger partial charge in [-0.15, -0.1) is 0 Å². The average Bonchev–Trinajstić information content (AvgIpc) is 1.88. The maximum atomic E-state index is 10.3. The zero-order valence-corrected chi connectivity index (χ0v) is 5.75. The van der Waals surface area contributed by atoms with Gasteiger partial charge in [-0.1, -0.05) is 0 Å². The molecule has 0 aliphatic carbocycles. The molecule has 0 saturated carbocycles. The first-order valence-corrected chi connectivity index (χ1v) is 3.92. The van der Waals surface area contributed by atoms with Crippen LogP contribution in [0.5, 0.6) is 0 Å². The van der Waals surface area contributed by atoms with E-state index >= 15 is 0 Å². The average molecular weight is 201 g/mol. The quantitative estimate of drug-likeness (QED) is 0.487. The number of hydrogen-bond donors (Lipinski definition) is 1. The first-order valence-electron chi connectivity index (χ1n) is 2.48. The Morgan fingerprint density at radius 2 is 2.09 bits per heavy atom. The Morgan fingerprint density at radius 3 is 2.36 bits per heavy atom. The van der Waals surface area contributed by atoms with Gasteiger partial charge in [0, 0.05) is 12.4 Å². The maximum absolute atomic E-state index is 10.3. The van der Waals surface area contributed by atoms with Gasteiger partial charge < -0.3 is 0 Å². The first-order chi connectivity index (χ1) is 4.61. The summed E-state index contributed by atoms with van der Waals surface area (Å²) in [5.74, 6) is 0. The molecule has 1 rings (SSSR count). The van der Waals surface area contributed by atoms with Gasteiger partial charge in [0.05, 0.1) is 0 Å². The molecular formula is C5H7CaNO3S. The summed E-state index contributed by atoms with van der Waals surface area (Å²) >= 11 is 0. The summed E-state index contributed by atoms with van der Waals surface area (Å²) in [6, 6.07) is 2.70. The molecule has 58 valence electrons. The van der Waals surface area contributed by atoms with Crippen molar-refractivity contribution in [3.8, 4) is 0 Å². The van der Waals surface area contributed by atoms with Gasteiger partial charge in [-0.25, -0.2) is 0 Å². The molecule has 0 bridgehead atoms. The van der Waals surface area contributed by atoms with Crippen molar-refractivity contribution in [3.63, 3.8) is 0 Å². The summed E-state index contributed by atoms with van der Waals surface area (Å²) in [5.41, 5.74) is 0. The molecule has 0 fully saturated rings. The third-order valence-corrected chi connectivity index (χ3v) is 1.77. The third kappa shape index (κ3) is 3.48. The summed E-state index contributed by atoms with van der Waals surface area (Å²) in [6.45, 7) is 0. The van der Waals surface area contributed by atoms with Gasteiger partial charge in [-0.3, -0.25) is 9.54 Å². The van der Waals surface area contributed by atoms with Gasteiger partial charge in [-0.05, 0) is 12.1 Å². The topological polar surface area (TPSA) is 67.3 Å². The Balaban J connectivity index is 0.000001000. The molecule has 0 unspecified atom stereocenters. The fraction of sp³-hybridized carbons (Fsp3) is 0. The molecule has 0 aliphatic heterocycles. The molecule has 0 amide bonds. The molecule has 1 N–H and O–H groups in total. The van der Waals surface area contributed by atoms with Crippen molar-refractivity contribution >= 4 is 47.9 Å². The van der Waals surface area contributed by atoms with E-state index in [2.05, 4.69) is 4.98 Å². The van der Waals surface area contributed by atoms with Crippen LogP contribution >= 0.6 is 0 Å². The molecule has 4 nitrogen and oxygen atoms in total. The van der Waals surface area contributed by atoms with Crippen LogP contribution in [-0.2, 0) is 10.1 Å². The number of aromatic nitrogens is 1. The molecular weight excluding hydrogens is 194 g/mol. The van der Waals surface area contributed by atoms with Gasteiger partial charge in [0.2, 0.25) is 0 Å². The van der Waals surface area contributed by atoms with Crippen molar-refractivity contribution in [1.29, 1.82) is 0 Å². The Morgan fingerprint density at radius 1 is 1.45 bits per heavy atom. The Labute approximate surface area is 94.4 Å². The minimum atomic E-state index is -4.07. The molecule has 0 radical (unpaired) electrons. The zero-order valence-electron chi connectivity index (χ0n) is 4.93. The predicted molar refractivity (Wildman–Crippen MR) is 42.6 cm³/mol. The SMILES string of the molecule is O=S(=O)(O)c1cccnc1.[CaH2]. The standard InChI is InChI=1S/C5H5NO3S.Ca.2H/c7-10(8,9)5-2-1-3-6-4-5;;;/h1-4H,(H,7,8,9);;;. The second-order valence-electron chi connectivity index (χ2n) is 1.66. The van der Waals surface area contributed by atoms with Crippen LogP contribution in [0.2, 0.25) is 0 Å². The Hall–Kier alpha value is 0.320. The normalized spacial score (nSPS) is 10.3. The van der Waals surface area contributed by atoms with Crippen molar-refractivity contribution in [2.75, 3.05) is 0 Å². The van der Waals surface area contributed by atoms with E-state index in [1.807, 2.05) is 0 Å². The molecule has 0 spiro atoms. The van der Waals surface area contributed by atoms with Crippen LogP contribution in [0.25, 0.3) is 0 Å². The summed E-state index contributed by atoms with van der Waals surface area (Å²) in [7, 11) is -4.07. The molecule has 1 aromatic rings. The van der Waals surface area contributed by atoms with E-state index in [0.29, 0.717) is 0 Å². The Bertz CT molecular complexity index is 310. The van der Waals surface area contributed by atoms with Crippen LogP contribution in [0.4, 0.5) is 0 Å². The zero-order chi connectivity index (χ0) is 7.61. The van der Waals surface area contributed by atoms with E-state index in [0.717, 1.165) is 6.20 Å². The van der Waals surface area contributed by atoms with Gasteiger partial charge in [0.25, 0.3) is 10.1 Å². The third-order valence-electron chi connectivity index (χ3n) is 0.932. The van der Waals surface area contributed by atoms with Gasteiger partial charge >= 0.3 is 37.7 Å². The fourth-order valence-electron chi connectivity index (χ4n) is 0.500. The number of rotatable bonds is 1. The number of nitrogens with zero attached hydrogens (tertiary/aromatic N) is 1. The summed E-state index contributed by atoms with van der Waals surface area (Å²) in [6.07, 6.45) is 2.50. The van der Waals surface area contributed by atoms with E-state index in [4.69, 9.17) is 4.55 Å². The van der Waals surface area contributed by atoms with E-state index in [1.165, 1.54) is 18.3 Å². The molecule has 0 aromatic carbocycles. The van der Waals surface area contributed by atoms with E-state index in [-0.39, 0.29) is 42.6 Å². The predicted octanol–water partition coefficient (Wildman–Crippen LogP) is -0.588. The Kier molecular flexibility index (Phi) is 4.50. The van der Waals surface area contributed by atoms with Crippen LogP contribution in [0.1, 0.15) is 0 Å². The van der Waals surface area contributed by atoms with Crippen LogP contribution in [0.15, 0.2) is 29.4 Å². The van der Waals surface area contributed by atoms with E-state index < -0.39 is 10.1 Å². The van der Waals surface area contributed by atoms with Gasteiger partial charge in [-0.2, -0.15) is 8.42 Å². The van der Waals surface area contributed by atoms with E-state index in [9.17, 15) is 8.42 Å². The van der Waals surface area contributed by atoms with E-state index in [1.54, 1.807) is 0 Å². The minimum absolute atomic E-state index is 0. The second kappa shape index (κ2) is 4.37.